The number of amidine groups is 1. The van der Waals surface area contributed by atoms with E-state index in [4.69, 9.17) is 10.9 Å². The number of rotatable bonds is 6. The van der Waals surface area contributed by atoms with Gasteiger partial charge in [-0.3, -0.25) is 4.79 Å². The Morgan fingerprint density at radius 3 is 2.53 bits per heavy atom. The Labute approximate surface area is 117 Å². The number of oxime groups is 1. The molecule has 1 aromatic carbocycles. The van der Waals surface area contributed by atoms with E-state index in [2.05, 4.69) is 10.5 Å². The lowest BCUT2D eigenvalue weighted by atomic mass is 10.1. The number of thioether (sulfide) groups is 1. The summed E-state index contributed by atoms with van der Waals surface area (Å²) in [6, 6.07) is 6.75. The van der Waals surface area contributed by atoms with Crippen LogP contribution in [0.1, 0.15) is 29.3 Å². The van der Waals surface area contributed by atoms with Crippen molar-refractivity contribution in [1.29, 1.82) is 0 Å². The highest BCUT2D eigenvalue weighted by Crippen LogP contribution is 2.06. The highest BCUT2D eigenvalue weighted by Gasteiger charge is 2.09. The molecule has 0 saturated heterocycles. The fraction of sp³-hybridized carbons (Fsp3) is 0.385. The molecule has 1 unspecified atom stereocenters. The van der Waals surface area contributed by atoms with E-state index in [0.29, 0.717) is 11.1 Å². The first-order valence-electron chi connectivity index (χ1n) is 5.96. The van der Waals surface area contributed by atoms with Crippen LogP contribution in [0.5, 0.6) is 0 Å². The minimum Gasteiger partial charge on any atom is -0.409 e. The molecule has 5 nitrogen and oxygen atoms in total. The first kappa shape index (κ1) is 15.4. The summed E-state index contributed by atoms with van der Waals surface area (Å²) in [4.78, 5) is 11.9. The second kappa shape index (κ2) is 7.68. The van der Waals surface area contributed by atoms with Crippen molar-refractivity contribution in [3.63, 3.8) is 0 Å². The zero-order valence-corrected chi connectivity index (χ0v) is 11.9. The topological polar surface area (TPSA) is 87.7 Å². The van der Waals surface area contributed by atoms with Crippen LogP contribution in [0.3, 0.4) is 0 Å². The Bertz CT molecular complexity index is 446. The molecule has 0 saturated carbocycles. The summed E-state index contributed by atoms with van der Waals surface area (Å²) >= 11 is 1.76. The number of benzene rings is 1. The number of amides is 1. The van der Waals surface area contributed by atoms with E-state index in [9.17, 15) is 4.79 Å². The quantitative estimate of drug-likeness (QED) is 0.320. The third-order valence-electron chi connectivity index (χ3n) is 2.68. The zero-order chi connectivity index (χ0) is 14.3. The smallest absolute Gasteiger partial charge is 0.251 e. The summed E-state index contributed by atoms with van der Waals surface area (Å²) in [6.07, 6.45) is 2.98. The van der Waals surface area contributed by atoms with Crippen molar-refractivity contribution in [3.05, 3.63) is 35.4 Å². The van der Waals surface area contributed by atoms with Gasteiger partial charge in [0, 0.05) is 17.2 Å². The highest BCUT2D eigenvalue weighted by atomic mass is 32.2. The standard InChI is InChI=1S/C13H19N3O2S/c1-9(7-8-19-2)15-13(17)11-5-3-10(4-6-11)12(14)16-18/h3-6,9,18H,7-8H2,1-2H3,(H2,14,16)(H,15,17). The molecule has 19 heavy (non-hydrogen) atoms. The summed E-state index contributed by atoms with van der Waals surface area (Å²) in [6.45, 7) is 1.99. The third kappa shape index (κ3) is 4.82. The molecule has 0 spiro atoms. The molecule has 1 atom stereocenters. The lowest BCUT2D eigenvalue weighted by Crippen LogP contribution is -2.32. The molecule has 1 aromatic rings. The van der Waals surface area contributed by atoms with Gasteiger partial charge in [-0.25, -0.2) is 0 Å². The monoisotopic (exact) mass is 281 g/mol. The van der Waals surface area contributed by atoms with Gasteiger partial charge in [-0.05, 0) is 37.5 Å². The van der Waals surface area contributed by atoms with Gasteiger partial charge in [0.25, 0.3) is 5.91 Å². The molecule has 0 bridgehead atoms. The van der Waals surface area contributed by atoms with E-state index in [1.165, 1.54) is 0 Å². The number of carbonyl (C=O) groups is 1. The molecule has 0 heterocycles. The Hall–Kier alpha value is -1.69. The van der Waals surface area contributed by atoms with Gasteiger partial charge in [0.15, 0.2) is 5.84 Å². The molecular weight excluding hydrogens is 262 g/mol. The van der Waals surface area contributed by atoms with Gasteiger partial charge in [0.05, 0.1) is 0 Å². The van der Waals surface area contributed by atoms with Crippen LogP contribution >= 0.6 is 11.8 Å². The molecule has 0 aliphatic rings. The molecule has 0 aromatic heterocycles. The summed E-state index contributed by atoms with van der Waals surface area (Å²) in [5, 5.41) is 14.4. The summed E-state index contributed by atoms with van der Waals surface area (Å²) in [5.41, 5.74) is 6.59. The molecule has 1 rings (SSSR count). The Morgan fingerprint density at radius 2 is 2.00 bits per heavy atom. The Kier molecular flexibility index (Phi) is 6.21. The van der Waals surface area contributed by atoms with Crippen LogP contribution in [0.2, 0.25) is 0 Å². The minimum atomic E-state index is -0.111. The number of nitrogens with zero attached hydrogens (tertiary/aromatic N) is 1. The fourth-order valence-electron chi connectivity index (χ4n) is 1.52. The van der Waals surface area contributed by atoms with Gasteiger partial charge in [0.1, 0.15) is 0 Å². The largest absolute Gasteiger partial charge is 0.409 e. The second-order valence-corrected chi connectivity index (χ2v) is 5.20. The molecule has 6 heteroatoms. The van der Waals surface area contributed by atoms with Crippen LogP contribution in [-0.4, -0.2) is 35.0 Å². The van der Waals surface area contributed by atoms with Gasteiger partial charge in [-0.2, -0.15) is 11.8 Å². The molecule has 1 amide bonds. The van der Waals surface area contributed by atoms with Crippen molar-refractivity contribution >= 4 is 23.5 Å². The molecule has 104 valence electrons. The van der Waals surface area contributed by atoms with E-state index >= 15 is 0 Å². The maximum Gasteiger partial charge on any atom is 0.251 e. The van der Waals surface area contributed by atoms with Crippen LogP contribution in [-0.2, 0) is 0 Å². The molecular formula is C13H19N3O2S. The lowest BCUT2D eigenvalue weighted by molar-refractivity contribution is 0.0939. The summed E-state index contributed by atoms with van der Waals surface area (Å²) in [7, 11) is 0. The van der Waals surface area contributed by atoms with E-state index in [1.54, 1.807) is 36.0 Å². The normalized spacial score (nSPS) is 13.1. The van der Waals surface area contributed by atoms with Crippen molar-refractivity contribution in [1.82, 2.24) is 5.32 Å². The average Bonchev–Trinajstić information content (AvgIpc) is 2.44. The predicted octanol–water partition coefficient (Wildman–Crippen LogP) is 1.65. The first-order valence-corrected chi connectivity index (χ1v) is 7.35. The predicted molar refractivity (Wildman–Crippen MR) is 78.9 cm³/mol. The van der Waals surface area contributed by atoms with E-state index < -0.39 is 0 Å². The van der Waals surface area contributed by atoms with E-state index in [0.717, 1.165) is 12.2 Å². The summed E-state index contributed by atoms with van der Waals surface area (Å²) in [5.74, 6) is 0.934. The third-order valence-corrected chi connectivity index (χ3v) is 3.33. The molecule has 4 N–H and O–H groups in total. The Balaban J connectivity index is 2.63. The van der Waals surface area contributed by atoms with Crippen molar-refractivity contribution < 1.29 is 10.0 Å². The molecule has 0 fully saturated rings. The number of nitrogens with two attached hydrogens (primary N) is 1. The van der Waals surface area contributed by atoms with Gasteiger partial charge in [-0.15, -0.1) is 0 Å². The van der Waals surface area contributed by atoms with Crippen LogP contribution in [0.15, 0.2) is 29.4 Å². The van der Waals surface area contributed by atoms with Crippen LogP contribution in [0.4, 0.5) is 0 Å². The average molecular weight is 281 g/mol. The van der Waals surface area contributed by atoms with Gasteiger partial charge in [-0.1, -0.05) is 17.3 Å². The van der Waals surface area contributed by atoms with Crippen molar-refractivity contribution in [2.24, 2.45) is 10.9 Å². The van der Waals surface area contributed by atoms with Gasteiger partial charge < -0.3 is 16.3 Å². The summed E-state index contributed by atoms with van der Waals surface area (Å²) < 4.78 is 0. The number of nitrogens with one attached hydrogen (secondary N) is 1. The van der Waals surface area contributed by atoms with Crippen LogP contribution in [0.25, 0.3) is 0 Å². The SMILES string of the molecule is CSCCC(C)NC(=O)c1ccc(/C(N)=N/O)cc1. The van der Waals surface area contributed by atoms with E-state index in [-0.39, 0.29) is 17.8 Å². The number of carbonyl (C=O) groups excluding carboxylic acids is 1. The van der Waals surface area contributed by atoms with Crippen LogP contribution in [0, 0.1) is 0 Å². The maximum atomic E-state index is 11.9. The molecule has 0 radical (unpaired) electrons. The van der Waals surface area contributed by atoms with Crippen molar-refractivity contribution in [3.8, 4) is 0 Å². The van der Waals surface area contributed by atoms with Crippen LogP contribution < -0.4 is 11.1 Å². The molecule has 0 aliphatic carbocycles. The fourth-order valence-corrected chi connectivity index (χ4v) is 2.11. The van der Waals surface area contributed by atoms with Gasteiger partial charge >= 0.3 is 0 Å². The van der Waals surface area contributed by atoms with Gasteiger partial charge in [0.2, 0.25) is 0 Å². The second-order valence-electron chi connectivity index (χ2n) is 4.22. The van der Waals surface area contributed by atoms with Crippen molar-refractivity contribution in [2.45, 2.75) is 19.4 Å². The lowest BCUT2D eigenvalue weighted by Gasteiger charge is -2.13. The van der Waals surface area contributed by atoms with E-state index in [1.807, 2.05) is 13.2 Å². The van der Waals surface area contributed by atoms with Crippen molar-refractivity contribution in [2.75, 3.05) is 12.0 Å². The minimum absolute atomic E-state index is 0.0281. The highest BCUT2D eigenvalue weighted by molar-refractivity contribution is 7.98. The number of hydrogen-bond donors (Lipinski definition) is 3. The maximum absolute atomic E-state index is 11.9. The zero-order valence-electron chi connectivity index (χ0n) is 11.1. The number of hydrogen-bond acceptors (Lipinski definition) is 4. The Morgan fingerprint density at radius 1 is 1.42 bits per heavy atom. The molecule has 0 aliphatic heterocycles. The first-order chi connectivity index (χ1) is 9.08.